The predicted octanol–water partition coefficient (Wildman–Crippen LogP) is 0.641. The van der Waals surface area contributed by atoms with Gasteiger partial charge < -0.3 is 15.3 Å². The van der Waals surface area contributed by atoms with Crippen molar-refractivity contribution in [3.63, 3.8) is 0 Å². The summed E-state index contributed by atoms with van der Waals surface area (Å²) in [7, 11) is 0. The Labute approximate surface area is 87.8 Å². The first-order valence-corrected chi connectivity index (χ1v) is 4.60. The van der Waals surface area contributed by atoms with Crippen molar-refractivity contribution in [2.24, 2.45) is 5.84 Å². The maximum Gasteiger partial charge on any atom is 0.340 e. The van der Waals surface area contributed by atoms with Crippen LogP contribution in [0.5, 0.6) is 0 Å². The Hall–Kier alpha value is -1.59. The van der Waals surface area contributed by atoms with Gasteiger partial charge in [-0.3, -0.25) is 5.84 Å². The summed E-state index contributed by atoms with van der Waals surface area (Å²) in [6.07, 6.45) is 0. The first-order valence-electron chi connectivity index (χ1n) is 4.60. The second-order valence-corrected chi connectivity index (χ2v) is 2.90. The molecule has 0 saturated carbocycles. The zero-order chi connectivity index (χ0) is 11.3. The summed E-state index contributed by atoms with van der Waals surface area (Å²) in [4.78, 5) is 11.4. The molecule has 1 aromatic carbocycles. The average Bonchev–Trinajstić information content (AvgIpc) is 2.28. The molecule has 0 aromatic heterocycles. The number of aliphatic hydroxyl groups is 1. The summed E-state index contributed by atoms with van der Waals surface area (Å²) in [6.45, 7) is 1.94. The van der Waals surface area contributed by atoms with Gasteiger partial charge in [0.15, 0.2) is 0 Å². The minimum atomic E-state index is -0.435. The molecule has 1 aromatic rings. The minimum absolute atomic E-state index is 0.0994. The quantitative estimate of drug-likeness (QED) is 0.386. The van der Waals surface area contributed by atoms with E-state index in [2.05, 4.69) is 5.43 Å². The molecule has 0 spiro atoms. The van der Waals surface area contributed by atoms with Crippen LogP contribution in [0.25, 0.3) is 0 Å². The van der Waals surface area contributed by atoms with Gasteiger partial charge in [-0.05, 0) is 24.6 Å². The molecule has 0 bridgehead atoms. The number of ether oxygens (including phenoxy) is 1. The Morgan fingerprint density at radius 1 is 1.60 bits per heavy atom. The van der Waals surface area contributed by atoms with Crippen molar-refractivity contribution in [3.8, 4) is 0 Å². The number of benzene rings is 1. The van der Waals surface area contributed by atoms with Crippen molar-refractivity contribution in [2.45, 2.75) is 13.5 Å². The molecule has 0 unspecified atom stereocenters. The zero-order valence-electron chi connectivity index (χ0n) is 8.49. The van der Waals surface area contributed by atoms with E-state index in [1.165, 1.54) is 0 Å². The van der Waals surface area contributed by atoms with Crippen LogP contribution >= 0.6 is 0 Å². The molecule has 0 radical (unpaired) electrons. The van der Waals surface area contributed by atoms with Crippen LogP contribution < -0.4 is 11.3 Å². The SMILES string of the molecule is CCOC(=O)c1ccc(CO)cc1NN. The maximum atomic E-state index is 11.4. The predicted molar refractivity (Wildman–Crippen MR) is 56.1 cm³/mol. The van der Waals surface area contributed by atoms with Crippen LogP contribution in [0.4, 0.5) is 5.69 Å². The van der Waals surface area contributed by atoms with Gasteiger partial charge in [0.2, 0.25) is 0 Å². The van der Waals surface area contributed by atoms with Crippen LogP contribution in [0.1, 0.15) is 22.8 Å². The minimum Gasteiger partial charge on any atom is -0.462 e. The van der Waals surface area contributed by atoms with Gasteiger partial charge in [-0.1, -0.05) is 6.07 Å². The maximum absolute atomic E-state index is 11.4. The first-order chi connectivity index (χ1) is 7.22. The summed E-state index contributed by atoms with van der Waals surface area (Å²) in [5.41, 5.74) is 3.88. The molecule has 0 saturated heterocycles. The Bertz CT molecular complexity index is 353. The van der Waals surface area contributed by atoms with Crippen LogP contribution in [0, 0.1) is 0 Å². The number of anilines is 1. The monoisotopic (exact) mass is 210 g/mol. The highest BCUT2D eigenvalue weighted by atomic mass is 16.5. The highest BCUT2D eigenvalue weighted by Crippen LogP contribution is 2.17. The standard InChI is InChI=1S/C10H14N2O3/c1-2-15-10(14)8-4-3-7(6-13)5-9(8)12-11/h3-5,12-13H,2,6,11H2,1H3. The number of esters is 1. The van der Waals surface area contributed by atoms with Crippen molar-refractivity contribution >= 4 is 11.7 Å². The molecule has 0 fully saturated rings. The molecule has 4 N–H and O–H groups in total. The number of nitrogen functional groups attached to an aromatic ring is 1. The molecular formula is C10H14N2O3. The van der Waals surface area contributed by atoms with Crippen LogP contribution in [-0.2, 0) is 11.3 Å². The van der Waals surface area contributed by atoms with E-state index in [0.717, 1.165) is 0 Å². The van der Waals surface area contributed by atoms with Gasteiger partial charge in [0.1, 0.15) is 0 Å². The van der Waals surface area contributed by atoms with E-state index in [4.69, 9.17) is 15.7 Å². The van der Waals surface area contributed by atoms with Gasteiger partial charge >= 0.3 is 5.97 Å². The number of hydrogen-bond acceptors (Lipinski definition) is 5. The van der Waals surface area contributed by atoms with E-state index in [0.29, 0.717) is 23.4 Å². The second-order valence-electron chi connectivity index (χ2n) is 2.90. The topological polar surface area (TPSA) is 84.6 Å². The van der Waals surface area contributed by atoms with E-state index >= 15 is 0 Å². The molecule has 1 rings (SSSR count). The van der Waals surface area contributed by atoms with Gasteiger partial charge in [-0.15, -0.1) is 0 Å². The summed E-state index contributed by atoms with van der Waals surface area (Å²) >= 11 is 0. The lowest BCUT2D eigenvalue weighted by molar-refractivity contribution is 0.0527. The van der Waals surface area contributed by atoms with Crippen molar-refractivity contribution in [2.75, 3.05) is 12.0 Å². The van der Waals surface area contributed by atoms with Crippen LogP contribution in [0.2, 0.25) is 0 Å². The Balaban J connectivity index is 3.02. The molecule has 0 aliphatic carbocycles. The molecule has 5 heteroatoms. The van der Waals surface area contributed by atoms with Crippen molar-refractivity contribution in [1.29, 1.82) is 0 Å². The van der Waals surface area contributed by atoms with Crippen molar-refractivity contribution in [1.82, 2.24) is 0 Å². The van der Waals surface area contributed by atoms with Gasteiger partial charge in [-0.2, -0.15) is 0 Å². The van der Waals surface area contributed by atoms with Gasteiger partial charge in [-0.25, -0.2) is 4.79 Å². The number of nitrogens with two attached hydrogens (primary N) is 1. The van der Waals surface area contributed by atoms with E-state index in [-0.39, 0.29) is 6.61 Å². The second kappa shape index (κ2) is 5.33. The third-order valence-corrected chi connectivity index (χ3v) is 1.92. The van der Waals surface area contributed by atoms with Crippen LogP contribution in [0.3, 0.4) is 0 Å². The summed E-state index contributed by atoms with van der Waals surface area (Å²) in [6, 6.07) is 4.82. The lowest BCUT2D eigenvalue weighted by atomic mass is 10.1. The smallest absolute Gasteiger partial charge is 0.340 e. The van der Waals surface area contributed by atoms with E-state index < -0.39 is 5.97 Å². The van der Waals surface area contributed by atoms with Gasteiger partial charge in [0.05, 0.1) is 24.5 Å². The Morgan fingerprint density at radius 3 is 2.87 bits per heavy atom. The summed E-state index contributed by atoms with van der Waals surface area (Å²) in [5, 5.41) is 8.91. The fraction of sp³-hybridized carbons (Fsp3) is 0.300. The number of rotatable bonds is 4. The number of carbonyl (C=O) groups is 1. The normalized spacial score (nSPS) is 9.80. The van der Waals surface area contributed by atoms with E-state index in [1.54, 1.807) is 25.1 Å². The van der Waals surface area contributed by atoms with E-state index in [1.807, 2.05) is 0 Å². The fourth-order valence-electron chi connectivity index (χ4n) is 1.20. The molecular weight excluding hydrogens is 196 g/mol. The largest absolute Gasteiger partial charge is 0.462 e. The lowest BCUT2D eigenvalue weighted by Crippen LogP contribution is -2.14. The fourth-order valence-corrected chi connectivity index (χ4v) is 1.20. The molecule has 82 valence electrons. The number of aliphatic hydroxyl groups excluding tert-OH is 1. The molecule has 0 amide bonds. The zero-order valence-corrected chi connectivity index (χ0v) is 8.49. The molecule has 0 aliphatic rings. The molecule has 15 heavy (non-hydrogen) atoms. The highest BCUT2D eigenvalue weighted by molar-refractivity contribution is 5.95. The first kappa shape index (κ1) is 11.5. The summed E-state index contributed by atoms with van der Waals surface area (Å²) < 4.78 is 4.85. The van der Waals surface area contributed by atoms with Crippen LogP contribution in [0.15, 0.2) is 18.2 Å². The molecule has 0 heterocycles. The third-order valence-electron chi connectivity index (χ3n) is 1.92. The Kier molecular flexibility index (Phi) is 4.08. The molecule has 0 atom stereocenters. The summed E-state index contributed by atoms with van der Waals surface area (Å²) in [5.74, 6) is 4.83. The van der Waals surface area contributed by atoms with Crippen molar-refractivity contribution < 1.29 is 14.6 Å². The number of hydrazine groups is 1. The average molecular weight is 210 g/mol. The van der Waals surface area contributed by atoms with Gasteiger partial charge in [0.25, 0.3) is 0 Å². The lowest BCUT2D eigenvalue weighted by Gasteiger charge is -2.09. The number of nitrogens with one attached hydrogen (secondary N) is 1. The molecule has 5 nitrogen and oxygen atoms in total. The number of carbonyl (C=O) groups excluding carboxylic acids is 1. The van der Waals surface area contributed by atoms with Crippen molar-refractivity contribution in [3.05, 3.63) is 29.3 Å². The Morgan fingerprint density at radius 2 is 2.33 bits per heavy atom. The van der Waals surface area contributed by atoms with Gasteiger partial charge in [0, 0.05) is 0 Å². The number of hydrogen-bond donors (Lipinski definition) is 3. The molecule has 0 aliphatic heterocycles. The van der Waals surface area contributed by atoms with E-state index in [9.17, 15) is 4.79 Å². The highest BCUT2D eigenvalue weighted by Gasteiger charge is 2.11. The van der Waals surface area contributed by atoms with Crippen LogP contribution in [-0.4, -0.2) is 17.7 Å². The third kappa shape index (κ3) is 2.68.